The fraction of sp³-hybridized carbons (Fsp3) is 0.444. The largest absolute Gasteiger partial charge is 0.295 e. The highest BCUT2D eigenvalue weighted by molar-refractivity contribution is 7.86. The topological polar surface area (TPSA) is 54.4 Å². The Morgan fingerprint density at radius 1 is 0.909 bits per heavy atom. The fourth-order valence-corrected chi connectivity index (χ4v) is 3.62. The van der Waals surface area contributed by atoms with Gasteiger partial charge in [0.2, 0.25) is 0 Å². The lowest BCUT2D eigenvalue weighted by molar-refractivity contribution is 0.484. The highest BCUT2D eigenvalue weighted by atomic mass is 32.2. The van der Waals surface area contributed by atoms with Gasteiger partial charge in [0, 0.05) is 5.39 Å². The van der Waals surface area contributed by atoms with Crippen LogP contribution in [0.25, 0.3) is 10.8 Å². The standard InChI is InChI=1S/C18H24O3S/c1-3-5-8-14-12-13-17(22(19,20)21)18-15(9-6-4-2)10-7-11-16(14)18/h7,10-13H,3-6,8-9H2,1-2H3,(H,19,20,21). The number of rotatable bonds is 7. The Morgan fingerprint density at radius 3 is 2.14 bits per heavy atom. The van der Waals surface area contributed by atoms with Crippen LogP contribution in [0.1, 0.15) is 50.7 Å². The Labute approximate surface area is 133 Å². The minimum absolute atomic E-state index is 0.0365. The van der Waals surface area contributed by atoms with Gasteiger partial charge in [-0.25, -0.2) is 0 Å². The normalized spacial score (nSPS) is 12.0. The van der Waals surface area contributed by atoms with Gasteiger partial charge in [0.25, 0.3) is 10.1 Å². The summed E-state index contributed by atoms with van der Waals surface area (Å²) in [6.07, 6.45) is 5.97. The molecule has 0 aliphatic carbocycles. The van der Waals surface area contributed by atoms with Crippen molar-refractivity contribution < 1.29 is 13.0 Å². The first-order chi connectivity index (χ1) is 10.5. The van der Waals surface area contributed by atoms with E-state index >= 15 is 0 Å². The fourth-order valence-electron chi connectivity index (χ4n) is 2.88. The molecule has 2 aromatic rings. The molecule has 2 rings (SSSR count). The van der Waals surface area contributed by atoms with E-state index < -0.39 is 10.1 Å². The third-order valence-corrected chi connectivity index (χ3v) is 4.95. The molecule has 0 unspecified atom stereocenters. The van der Waals surface area contributed by atoms with Crippen LogP contribution >= 0.6 is 0 Å². The van der Waals surface area contributed by atoms with Crippen LogP contribution < -0.4 is 0 Å². The van der Waals surface area contributed by atoms with Crippen LogP contribution in [0, 0.1) is 0 Å². The van der Waals surface area contributed by atoms with Gasteiger partial charge in [-0.05, 0) is 48.3 Å². The lowest BCUT2D eigenvalue weighted by atomic mass is 9.95. The molecule has 22 heavy (non-hydrogen) atoms. The van der Waals surface area contributed by atoms with Gasteiger partial charge in [0.15, 0.2) is 0 Å². The van der Waals surface area contributed by atoms with Gasteiger partial charge < -0.3 is 0 Å². The summed E-state index contributed by atoms with van der Waals surface area (Å²) in [6, 6.07) is 9.31. The second kappa shape index (κ2) is 7.25. The van der Waals surface area contributed by atoms with E-state index in [1.807, 2.05) is 24.3 Å². The van der Waals surface area contributed by atoms with Crippen LogP contribution in [-0.4, -0.2) is 13.0 Å². The van der Waals surface area contributed by atoms with Crippen molar-refractivity contribution in [3.63, 3.8) is 0 Å². The quantitative estimate of drug-likeness (QED) is 0.747. The number of hydrogen-bond donors (Lipinski definition) is 1. The summed E-state index contributed by atoms with van der Waals surface area (Å²) in [5.74, 6) is 0. The Bertz CT molecular complexity index is 748. The number of hydrogen-bond acceptors (Lipinski definition) is 2. The molecule has 0 spiro atoms. The summed E-state index contributed by atoms with van der Waals surface area (Å²) >= 11 is 0. The van der Waals surface area contributed by atoms with Crippen LogP contribution in [0.3, 0.4) is 0 Å². The second-order valence-corrected chi connectivity index (χ2v) is 7.13. The number of unbranched alkanes of at least 4 members (excludes halogenated alkanes) is 2. The van der Waals surface area contributed by atoms with Gasteiger partial charge in [-0.3, -0.25) is 4.55 Å². The van der Waals surface area contributed by atoms with Crippen molar-refractivity contribution in [2.45, 2.75) is 57.3 Å². The van der Waals surface area contributed by atoms with Crippen molar-refractivity contribution in [3.8, 4) is 0 Å². The predicted octanol–water partition coefficient (Wildman–Crippen LogP) is 4.77. The molecule has 2 aromatic carbocycles. The van der Waals surface area contributed by atoms with E-state index in [4.69, 9.17) is 0 Å². The molecule has 0 saturated carbocycles. The Kier molecular flexibility index (Phi) is 5.59. The zero-order chi connectivity index (χ0) is 16.2. The monoisotopic (exact) mass is 320 g/mol. The molecule has 120 valence electrons. The average molecular weight is 320 g/mol. The molecule has 1 N–H and O–H groups in total. The third kappa shape index (κ3) is 3.68. The summed E-state index contributed by atoms with van der Waals surface area (Å²) in [5.41, 5.74) is 2.16. The van der Waals surface area contributed by atoms with E-state index in [-0.39, 0.29) is 4.90 Å². The summed E-state index contributed by atoms with van der Waals surface area (Å²) in [4.78, 5) is 0.0365. The highest BCUT2D eigenvalue weighted by Crippen LogP contribution is 2.31. The Balaban J connectivity index is 2.70. The highest BCUT2D eigenvalue weighted by Gasteiger charge is 2.18. The van der Waals surface area contributed by atoms with E-state index in [9.17, 15) is 13.0 Å². The number of fused-ring (bicyclic) bond motifs is 1. The molecule has 0 aliphatic heterocycles. The zero-order valence-corrected chi connectivity index (χ0v) is 14.1. The van der Waals surface area contributed by atoms with Gasteiger partial charge in [0.05, 0.1) is 0 Å². The molecule has 0 aromatic heterocycles. The summed E-state index contributed by atoms with van der Waals surface area (Å²) in [5, 5.41) is 1.66. The molecular formula is C18H24O3S. The maximum absolute atomic E-state index is 11.8. The van der Waals surface area contributed by atoms with Gasteiger partial charge in [-0.1, -0.05) is 51.0 Å². The first kappa shape index (κ1) is 17.0. The minimum atomic E-state index is -4.21. The number of benzene rings is 2. The van der Waals surface area contributed by atoms with Crippen molar-refractivity contribution in [1.29, 1.82) is 0 Å². The maximum Gasteiger partial charge on any atom is 0.295 e. The molecule has 0 aliphatic rings. The Morgan fingerprint density at radius 2 is 1.55 bits per heavy atom. The molecule has 0 atom stereocenters. The molecule has 4 heteroatoms. The van der Waals surface area contributed by atoms with Crippen LogP contribution in [0.5, 0.6) is 0 Å². The van der Waals surface area contributed by atoms with E-state index in [2.05, 4.69) is 13.8 Å². The van der Waals surface area contributed by atoms with Crippen LogP contribution in [-0.2, 0) is 23.0 Å². The molecule has 0 saturated heterocycles. The predicted molar refractivity (Wildman–Crippen MR) is 91.0 cm³/mol. The van der Waals surface area contributed by atoms with E-state index in [1.54, 1.807) is 6.07 Å². The van der Waals surface area contributed by atoms with Crippen molar-refractivity contribution >= 4 is 20.9 Å². The molecule has 0 heterocycles. The molecule has 0 amide bonds. The molecule has 0 fully saturated rings. The van der Waals surface area contributed by atoms with Crippen LogP contribution in [0.4, 0.5) is 0 Å². The van der Waals surface area contributed by atoms with E-state index in [1.165, 1.54) is 0 Å². The Hall–Kier alpha value is -1.39. The molecular weight excluding hydrogens is 296 g/mol. The number of aryl methyl sites for hydroxylation is 2. The van der Waals surface area contributed by atoms with Crippen LogP contribution in [0.2, 0.25) is 0 Å². The SMILES string of the molecule is CCCCc1ccc(S(=O)(=O)O)c2c(CCCC)cccc12. The summed E-state index contributed by atoms with van der Waals surface area (Å²) in [7, 11) is -4.21. The first-order valence-corrected chi connectivity index (χ1v) is 9.44. The van der Waals surface area contributed by atoms with Crippen LogP contribution in [0.15, 0.2) is 35.2 Å². The lowest BCUT2D eigenvalue weighted by Gasteiger charge is -2.13. The average Bonchev–Trinajstić information content (AvgIpc) is 2.49. The lowest BCUT2D eigenvalue weighted by Crippen LogP contribution is -2.03. The molecule has 0 bridgehead atoms. The first-order valence-electron chi connectivity index (χ1n) is 8.00. The third-order valence-electron chi connectivity index (χ3n) is 4.06. The summed E-state index contributed by atoms with van der Waals surface area (Å²) in [6.45, 7) is 4.25. The molecule has 3 nitrogen and oxygen atoms in total. The summed E-state index contributed by atoms with van der Waals surface area (Å²) < 4.78 is 33.1. The van der Waals surface area contributed by atoms with Gasteiger partial charge in [0.1, 0.15) is 4.90 Å². The van der Waals surface area contributed by atoms with E-state index in [0.29, 0.717) is 5.39 Å². The van der Waals surface area contributed by atoms with Gasteiger partial charge in [-0.2, -0.15) is 8.42 Å². The van der Waals surface area contributed by atoms with E-state index in [0.717, 1.165) is 55.0 Å². The van der Waals surface area contributed by atoms with Crippen molar-refractivity contribution in [1.82, 2.24) is 0 Å². The smallest absolute Gasteiger partial charge is 0.282 e. The maximum atomic E-state index is 11.8. The minimum Gasteiger partial charge on any atom is -0.282 e. The van der Waals surface area contributed by atoms with Gasteiger partial charge >= 0.3 is 0 Å². The van der Waals surface area contributed by atoms with Crippen molar-refractivity contribution in [2.75, 3.05) is 0 Å². The van der Waals surface area contributed by atoms with Crippen molar-refractivity contribution in [2.24, 2.45) is 0 Å². The van der Waals surface area contributed by atoms with Gasteiger partial charge in [-0.15, -0.1) is 0 Å². The van der Waals surface area contributed by atoms with Crippen molar-refractivity contribution in [3.05, 3.63) is 41.5 Å². The second-order valence-electron chi connectivity index (χ2n) is 5.74. The molecule has 0 radical (unpaired) electrons. The zero-order valence-electron chi connectivity index (χ0n) is 13.3.